The molecule has 2 N–H and O–H groups in total. The predicted octanol–water partition coefficient (Wildman–Crippen LogP) is 5.30. The summed E-state index contributed by atoms with van der Waals surface area (Å²) in [7, 11) is 0. The monoisotopic (exact) mass is 714 g/mol. The molecule has 0 radical (unpaired) electrons. The molecule has 4 aliphatic rings. The summed E-state index contributed by atoms with van der Waals surface area (Å²) >= 11 is 14.1. The number of amides is 4. The molecule has 2 saturated heterocycles. The number of carbonyl (C=O) groups excluding carboxylic acids is 4. The van der Waals surface area contributed by atoms with Gasteiger partial charge in [-0.05, 0) is 49.3 Å². The number of aromatic hydroxyl groups is 1. The number of benzene rings is 2. The van der Waals surface area contributed by atoms with Crippen molar-refractivity contribution in [2.75, 3.05) is 11.4 Å². The van der Waals surface area contributed by atoms with E-state index < -0.39 is 104 Å². The first-order chi connectivity index (χ1) is 22.6. The number of carboxylic acid groups (broad SMARTS) is 1. The lowest BCUT2D eigenvalue weighted by atomic mass is 9.56. The number of phenols is 1. The van der Waals surface area contributed by atoms with Crippen molar-refractivity contribution in [2.24, 2.45) is 17.8 Å². The van der Waals surface area contributed by atoms with E-state index in [-0.39, 0.29) is 41.2 Å². The number of imide groups is 2. The highest BCUT2D eigenvalue weighted by molar-refractivity contribution is 6.58. The first-order valence-corrected chi connectivity index (χ1v) is 15.7. The predicted molar refractivity (Wildman–Crippen MR) is 157 cm³/mol. The summed E-state index contributed by atoms with van der Waals surface area (Å²) in [5.74, 6) is -22.6. The van der Waals surface area contributed by atoms with Crippen molar-refractivity contribution in [2.45, 2.75) is 54.2 Å². The van der Waals surface area contributed by atoms with E-state index in [0.717, 1.165) is 4.90 Å². The first-order valence-electron chi connectivity index (χ1n) is 14.9. The number of rotatable bonds is 8. The number of unbranched alkanes of at least 4 members (excludes halogenated alkanes) is 2. The number of anilines is 1. The third-order valence-electron chi connectivity index (χ3n) is 9.79. The molecule has 16 heteroatoms. The molecule has 0 spiro atoms. The van der Waals surface area contributed by atoms with Crippen molar-refractivity contribution < 1.29 is 56.1 Å². The van der Waals surface area contributed by atoms with Crippen LogP contribution in [0.1, 0.15) is 50.0 Å². The maximum atomic E-state index is 15.1. The summed E-state index contributed by atoms with van der Waals surface area (Å²) in [5.41, 5.74) is -1.53. The van der Waals surface area contributed by atoms with E-state index in [2.05, 4.69) is 0 Å². The maximum Gasteiger partial charge on any atom is 0.303 e. The average Bonchev–Trinajstić information content (AvgIpc) is 3.36. The fourth-order valence-electron chi connectivity index (χ4n) is 7.65. The Kier molecular flexibility index (Phi) is 8.34. The molecule has 0 bridgehead atoms. The van der Waals surface area contributed by atoms with E-state index >= 15 is 8.78 Å². The van der Waals surface area contributed by atoms with Gasteiger partial charge >= 0.3 is 5.97 Å². The number of likely N-dealkylation sites (tertiary alicyclic amines) is 1. The van der Waals surface area contributed by atoms with Crippen LogP contribution in [0.3, 0.4) is 0 Å². The average molecular weight is 715 g/mol. The van der Waals surface area contributed by atoms with Crippen molar-refractivity contribution in [3.05, 3.63) is 70.6 Å². The number of aliphatic carboxylic acids is 1. The van der Waals surface area contributed by atoms with E-state index in [1.807, 2.05) is 0 Å². The Morgan fingerprint density at radius 3 is 2.15 bits per heavy atom. The van der Waals surface area contributed by atoms with Crippen molar-refractivity contribution in [3.63, 3.8) is 0 Å². The SMILES string of the molecule is O=C(O)CCCCCN1C(=O)[C@H]2[C@H](CC=C3[C@H]2C[C@@]2(Cl)C(=O)N(c4c(F)c(F)c(F)c(F)c4F)C(=O)[C@@]2(Cl)[C@H]3c2cccc(O)c2)C1=O. The highest BCUT2D eigenvalue weighted by atomic mass is 35.5. The van der Waals surface area contributed by atoms with E-state index in [4.69, 9.17) is 28.3 Å². The molecular weight excluding hydrogens is 690 g/mol. The van der Waals surface area contributed by atoms with Gasteiger partial charge in [-0.1, -0.05) is 30.2 Å². The number of carboxylic acids is 1. The number of allylic oxidation sites excluding steroid dienone is 2. The van der Waals surface area contributed by atoms with Crippen molar-refractivity contribution in [1.29, 1.82) is 0 Å². The number of hydrogen-bond donors (Lipinski definition) is 2. The van der Waals surface area contributed by atoms with Gasteiger partial charge in [0.15, 0.2) is 33.0 Å². The third kappa shape index (κ3) is 4.66. The van der Waals surface area contributed by atoms with Crippen LogP contribution < -0.4 is 4.90 Å². The molecule has 9 nitrogen and oxygen atoms in total. The summed E-state index contributed by atoms with van der Waals surface area (Å²) in [6, 6.07) is 5.24. The van der Waals surface area contributed by atoms with E-state index in [1.165, 1.54) is 24.3 Å². The van der Waals surface area contributed by atoms with Gasteiger partial charge in [-0.25, -0.2) is 26.9 Å². The van der Waals surface area contributed by atoms with Gasteiger partial charge in [-0.2, -0.15) is 0 Å². The lowest BCUT2D eigenvalue weighted by Gasteiger charge is -2.50. The molecule has 2 aromatic rings. The van der Waals surface area contributed by atoms with Crippen LogP contribution in [-0.2, 0) is 24.0 Å². The zero-order chi connectivity index (χ0) is 35.0. The summed E-state index contributed by atoms with van der Waals surface area (Å²) < 4.78 is 72.7. The number of alkyl halides is 2. The number of carbonyl (C=O) groups is 5. The largest absolute Gasteiger partial charge is 0.508 e. The Bertz CT molecular complexity index is 1810. The quantitative estimate of drug-likeness (QED) is 0.0722. The fourth-order valence-corrected chi connectivity index (χ4v) is 8.59. The molecule has 3 fully saturated rings. The van der Waals surface area contributed by atoms with Crippen LogP contribution in [-0.4, -0.2) is 61.0 Å². The topological polar surface area (TPSA) is 132 Å². The lowest BCUT2D eigenvalue weighted by molar-refractivity contribution is -0.141. The summed E-state index contributed by atoms with van der Waals surface area (Å²) in [5, 5.41) is 19.2. The van der Waals surface area contributed by atoms with Crippen LogP contribution in [0.4, 0.5) is 27.6 Å². The van der Waals surface area contributed by atoms with Crippen LogP contribution in [0, 0.1) is 46.8 Å². The molecule has 6 atom stereocenters. The Hall–Kier alpha value is -4.04. The Balaban J connectivity index is 1.46. The summed E-state index contributed by atoms with van der Waals surface area (Å²) in [6.45, 7) is -0.0147. The molecule has 2 heterocycles. The molecule has 48 heavy (non-hydrogen) atoms. The van der Waals surface area contributed by atoms with Gasteiger partial charge in [0.05, 0.1) is 11.8 Å². The van der Waals surface area contributed by atoms with Gasteiger partial charge in [0.25, 0.3) is 11.8 Å². The van der Waals surface area contributed by atoms with E-state index in [1.54, 1.807) is 6.08 Å². The van der Waals surface area contributed by atoms with Gasteiger partial charge in [-0.15, -0.1) is 23.2 Å². The molecule has 254 valence electrons. The Labute approximate surface area is 278 Å². The lowest BCUT2D eigenvalue weighted by Crippen LogP contribution is -2.60. The second-order valence-corrected chi connectivity index (χ2v) is 13.6. The van der Waals surface area contributed by atoms with E-state index in [9.17, 15) is 42.3 Å². The number of hydrogen-bond acceptors (Lipinski definition) is 6. The highest BCUT2D eigenvalue weighted by Crippen LogP contribution is 2.66. The molecule has 1 saturated carbocycles. The summed E-state index contributed by atoms with van der Waals surface area (Å²) in [4.78, 5) is 61.9. The standard InChI is InChI=1S/C32H25Cl2F5N2O7/c33-31-12-17-15(8-9-16-19(17)28(46)40(27(16)45)10-3-1-2-7-18(43)44)20(13-5-4-6-14(42)11-13)32(31,34)30(48)41(29(31)47)26-24(38)22(36)21(35)23(37)25(26)39/h4-6,8,11,16-17,19-20,42H,1-3,7,9-10,12H2,(H,43,44)/t16-,17+,19-,20-,31+,32-/m0/s1. The zero-order valence-corrected chi connectivity index (χ0v) is 26.1. The second kappa shape index (κ2) is 11.8. The molecule has 2 aliphatic carbocycles. The van der Waals surface area contributed by atoms with Gasteiger partial charge < -0.3 is 10.2 Å². The van der Waals surface area contributed by atoms with E-state index in [0.29, 0.717) is 19.3 Å². The number of fused-ring (bicyclic) bond motifs is 4. The smallest absolute Gasteiger partial charge is 0.303 e. The van der Waals surface area contributed by atoms with Crippen LogP contribution in [0.2, 0.25) is 0 Å². The third-order valence-corrected chi connectivity index (χ3v) is 11.2. The van der Waals surface area contributed by atoms with Crippen molar-refractivity contribution >= 4 is 58.5 Å². The molecule has 2 aromatic carbocycles. The minimum Gasteiger partial charge on any atom is -0.508 e. The maximum absolute atomic E-state index is 15.1. The van der Waals surface area contributed by atoms with Gasteiger partial charge in [0, 0.05) is 18.9 Å². The highest BCUT2D eigenvalue weighted by Gasteiger charge is 2.77. The van der Waals surface area contributed by atoms with Crippen molar-refractivity contribution in [3.8, 4) is 5.75 Å². The molecular formula is C32H25Cl2F5N2O7. The zero-order valence-electron chi connectivity index (χ0n) is 24.6. The fraction of sp³-hybridized carbons (Fsp3) is 0.406. The van der Waals surface area contributed by atoms with Crippen LogP contribution in [0.5, 0.6) is 5.75 Å². The minimum absolute atomic E-state index is 0.0147. The van der Waals surface area contributed by atoms with Gasteiger partial charge in [0.2, 0.25) is 17.6 Å². The molecule has 0 unspecified atom stereocenters. The molecule has 2 aliphatic heterocycles. The van der Waals surface area contributed by atoms with Crippen LogP contribution in [0.25, 0.3) is 0 Å². The molecule has 0 aromatic heterocycles. The number of phenolic OH excluding ortho intramolecular Hbond substituents is 1. The summed E-state index contributed by atoms with van der Waals surface area (Å²) in [6.07, 6.45) is 1.86. The normalized spacial score (nSPS) is 29.6. The van der Waals surface area contributed by atoms with Crippen LogP contribution in [0.15, 0.2) is 35.9 Å². The molecule has 4 amide bonds. The van der Waals surface area contributed by atoms with Crippen LogP contribution >= 0.6 is 23.2 Å². The van der Waals surface area contributed by atoms with Gasteiger partial charge in [-0.3, -0.25) is 28.9 Å². The van der Waals surface area contributed by atoms with Gasteiger partial charge in [0.1, 0.15) is 11.4 Å². The number of halogens is 7. The minimum atomic E-state index is -2.68. The Morgan fingerprint density at radius 1 is 0.875 bits per heavy atom. The molecule has 6 rings (SSSR count). The number of nitrogens with zero attached hydrogens (tertiary/aromatic N) is 2. The second-order valence-electron chi connectivity index (χ2n) is 12.3. The Morgan fingerprint density at radius 2 is 1.52 bits per heavy atom. The van der Waals surface area contributed by atoms with Crippen molar-refractivity contribution in [1.82, 2.24) is 4.90 Å². The first kappa shape index (κ1) is 33.8.